The van der Waals surface area contributed by atoms with Crippen LogP contribution in [0.15, 0.2) is 74.4 Å². The lowest BCUT2D eigenvalue weighted by Crippen LogP contribution is -2.33. The molecule has 216 valence electrons. The normalized spacial score (nSPS) is 11.4. The molecule has 0 atom stereocenters. The second kappa shape index (κ2) is 16.8. The van der Waals surface area contributed by atoms with Crippen LogP contribution in [0.5, 0.6) is 0 Å². The third kappa shape index (κ3) is 10.4. The Morgan fingerprint density at radius 2 is 1.07 bits per heavy atom. The van der Waals surface area contributed by atoms with Crippen molar-refractivity contribution < 1.29 is 9.13 Å². The molecule has 0 radical (unpaired) electrons. The molecule has 0 aliphatic rings. The van der Waals surface area contributed by atoms with Gasteiger partial charge >= 0.3 is 0 Å². The van der Waals surface area contributed by atoms with Gasteiger partial charge in [-0.3, -0.25) is 0 Å². The molecule has 3 aromatic heterocycles. The number of hydrogen-bond donors (Lipinski definition) is 0. The minimum atomic E-state index is 0.842. The largest absolute Gasteiger partial charge is 0.333 e. The van der Waals surface area contributed by atoms with Crippen molar-refractivity contribution in [3.05, 3.63) is 91.1 Å². The fourth-order valence-electron chi connectivity index (χ4n) is 5.60. The number of unbranched alkanes of at least 4 members (excludes halogenated alkanes) is 10. The van der Waals surface area contributed by atoms with E-state index in [0.717, 1.165) is 32.7 Å². The molecule has 0 saturated carbocycles. The van der Waals surface area contributed by atoms with Crippen molar-refractivity contribution in [3.63, 3.8) is 0 Å². The Kier molecular flexibility index (Phi) is 12.6. The van der Waals surface area contributed by atoms with Crippen LogP contribution in [-0.4, -0.2) is 18.7 Å². The predicted octanol–water partition coefficient (Wildman–Crippen LogP) is 6.93. The molecule has 0 saturated heterocycles. The summed E-state index contributed by atoms with van der Waals surface area (Å²) in [5, 5.41) is 0. The van der Waals surface area contributed by atoms with Crippen molar-refractivity contribution >= 4 is 0 Å². The number of rotatable bonds is 20. The van der Waals surface area contributed by atoms with E-state index in [1.54, 1.807) is 0 Å². The van der Waals surface area contributed by atoms with Crippen molar-refractivity contribution in [1.29, 1.82) is 0 Å². The van der Waals surface area contributed by atoms with E-state index in [-0.39, 0.29) is 0 Å². The molecule has 1 aromatic carbocycles. The molecular formula is C34H52N6+2. The van der Waals surface area contributed by atoms with Gasteiger partial charge in [0.15, 0.2) is 0 Å². The highest BCUT2D eigenvalue weighted by Crippen LogP contribution is 2.13. The maximum absolute atomic E-state index is 4.24. The minimum absolute atomic E-state index is 0.842. The molecule has 0 amide bonds. The third-order valence-corrected chi connectivity index (χ3v) is 7.80. The van der Waals surface area contributed by atoms with Crippen LogP contribution in [-0.2, 0) is 32.7 Å². The summed E-state index contributed by atoms with van der Waals surface area (Å²) in [7, 11) is 0. The van der Waals surface area contributed by atoms with Gasteiger partial charge < -0.3 is 4.57 Å². The molecule has 6 nitrogen and oxygen atoms in total. The molecule has 4 aromatic rings. The van der Waals surface area contributed by atoms with Crippen molar-refractivity contribution in [2.45, 2.75) is 124 Å². The van der Waals surface area contributed by atoms with E-state index in [2.05, 4.69) is 97.3 Å². The van der Waals surface area contributed by atoms with E-state index < -0.39 is 0 Å². The van der Waals surface area contributed by atoms with Crippen LogP contribution in [0, 0.1) is 0 Å². The zero-order chi connectivity index (χ0) is 27.8. The summed E-state index contributed by atoms with van der Waals surface area (Å²) in [6.07, 6.45) is 35.3. The van der Waals surface area contributed by atoms with Gasteiger partial charge in [-0.15, -0.1) is 0 Å². The van der Waals surface area contributed by atoms with E-state index in [1.807, 2.05) is 18.7 Å². The number of hydrogen-bond acceptors (Lipinski definition) is 1. The summed E-state index contributed by atoms with van der Waals surface area (Å²) in [4.78, 5) is 4.24. The summed E-state index contributed by atoms with van der Waals surface area (Å²) in [6, 6.07) is 7.10. The van der Waals surface area contributed by atoms with Crippen LogP contribution in [0.2, 0.25) is 0 Å². The van der Waals surface area contributed by atoms with Crippen LogP contribution in [0.4, 0.5) is 0 Å². The Bertz CT molecular complexity index is 1140. The molecular weight excluding hydrogens is 492 g/mol. The molecule has 3 heterocycles. The van der Waals surface area contributed by atoms with Gasteiger partial charge in [0.25, 0.3) is 0 Å². The lowest BCUT2D eigenvalue weighted by molar-refractivity contribution is -0.688. The summed E-state index contributed by atoms with van der Waals surface area (Å²) in [6.45, 7) is 9.39. The van der Waals surface area contributed by atoms with Crippen molar-refractivity contribution in [2.75, 3.05) is 0 Å². The van der Waals surface area contributed by atoms with Crippen LogP contribution in [0.25, 0.3) is 0 Å². The molecule has 40 heavy (non-hydrogen) atoms. The van der Waals surface area contributed by atoms with Gasteiger partial charge in [0.05, 0.1) is 19.4 Å². The van der Waals surface area contributed by atoms with Gasteiger partial charge in [0.1, 0.15) is 37.9 Å². The smallest absolute Gasteiger partial charge is 0.244 e. The Balaban J connectivity index is 1.36. The summed E-state index contributed by atoms with van der Waals surface area (Å²) in [5.74, 6) is 0. The molecule has 4 rings (SSSR count). The zero-order valence-corrected chi connectivity index (χ0v) is 25.1. The lowest BCUT2D eigenvalue weighted by Gasteiger charge is -2.09. The van der Waals surface area contributed by atoms with Gasteiger partial charge in [0, 0.05) is 18.9 Å². The molecule has 6 heteroatoms. The number of aromatic nitrogens is 6. The first-order chi connectivity index (χ1) is 19.7. The Hall–Kier alpha value is -3.15. The average molecular weight is 545 g/mol. The molecule has 0 spiro atoms. The maximum Gasteiger partial charge on any atom is 0.244 e. The summed E-state index contributed by atoms with van der Waals surface area (Å²) in [5.41, 5.74) is 4.02. The molecule has 0 aliphatic heterocycles. The van der Waals surface area contributed by atoms with E-state index in [9.17, 15) is 0 Å². The van der Waals surface area contributed by atoms with Crippen LogP contribution < -0.4 is 9.13 Å². The van der Waals surface area contributed by atoms with Gasteiger partial charge in [-0.25, -0.2) is 23.3 Å². The first kappa shape index (κ1) is 29.8. The summed E-state index contributed by atoms with van der Waals surface area (Å²) >= 11 is 0. The fourth-order valence-corrected chi connectivity index (χ4v) is 5.60. The second-order valence-electron chi connectivity index (χ2n) is 11.6. The zero-order valence-electron chi connectivity index (χ0n) is 25.1. The van der Waals surface area contributed by atoms with E-state index in [1.165, 1.54) is 93.7 Å². The SMILES string of the molecule is CCCCCCCCn1cc[n+](Cc2cc(Cn3ccnc3)cc(C[n+]3ccn(CCCCCCCC)c3)c2)c1. The number of imidazole rings is 3. The standard InChI is InChI=1S/C34H52N6/c1-3-5-7-9-11-13-16-36-19-21-39(30-36)27-33-23-32(26-38-18-15-35-29-38)24-34(25-33)28-40-22-20-37(31-40)17-14-12-10-8-6-4-2/h15,18-25,29-31H,3-14,16-17,26-28H2,1-2H3/q+2. The minimum Gasteiger partial charge on any atom is -0.333 e. The first-order valence-corrected chi connectivity index (χ1v) is 15.9. The Morgan fingerprint density at radius 3 is 1.57 bits per heavy atom. The highest BCUT2D eigenvalue weighted by atomic mass is 15.1. The monoisotopic (exact) mass is 544 g/mol. The number of benzene rings is 1. The number of aryl methyl sites for hydroxylation is 2. The van der Waals surface area contributed by atoms with Gasteiger partial charge in [-0.2, -0.15) is 0 Å². The van der Waals surface area contributed by atoms with E-state index >= 15 is 0 Å². The Labute approximate surface area is 242 Å². The van der Waals surface area contributed by atoms with Crippen LogP contribution >= 0.6 is 0 Å². The quantitative estimate of drug-likeness (QED) is 0.0878. The third-order valence-electron chi connectivity index (χ3n) is 7.80. The molecule has 0 N–H and O–H groups in total. The Morgan fingerprint density at radius 1 is 0.575 bits per heavy atom. The predicted molar refractivity (Wildman–Crippen MR) is 162 cm³/mol. The van der Waals surface area contributed by atoms with Crippen molar-refractivity contribution in [2.24, 2.45) is 0 Å². The second-order valence-corrected chi connectivity index (χ2v) is 11.6. The highest BCUT2D eigenvalue weighted by molar-refractivity contribution is 5.29. The molecule has 0 aliphatic carbocycles. The summed E-state index contributed by atoms with van der Waals surface area (Å²) < 4.78 is 11.5. The highest BCUT2D eigenvalue weighted by Gasteiger charge is 2.11. The molecule has 0 fully saturated rings. The topological polar surface area (TPSA) is 35.4 Å². The lowest BCUT2D eigenvalue weighted by atomic mass is 10.0. The first-order valence-electron chi connectivity index (χ1n) is 15.9. The fraction of sp³-hybridized carbons (Fsp3) is 0.559. The van der Waals surface area contributed by atoms with Crippen LogP contribution in [0.3, 0.4) is 0 Å². The van der Waals surface area contributed by atoms with Gasteiger partial charge in [-0.05, 0) is 48.4 Å². The van der Waals surface area contributed by atoms with Gasteiger partial charge in [0.2, 0.25) is 12.7 Å². The van der Waals surface area contributed by atoms with Crippen LogP contribution in [0.1, 0.15) is 108 Å². The number of nitrogens with zero attached hydrogens (tertiary/aromatic N) is 6. The maximum atomic E-state index is 4.24. The van der Waals surface area contributed by atoms with E-state index in [4.69, 9.17) is 0 Å². The van der Waals surface area contributed by atoms with E-state index in [0.29, 0.717) is 0 Å². The average Bonchev–Trinajstić information content (AvgIpc) is 3.72. The molecule has 0 bridgehead atoms. The van der Waals surface area contributed by atoms with Crippen molar-refractivity contribution in [3.8, 4) is 0 Å². The molecule has 0 unspecified atom stereocenters. The van der Waals surface area contributed by atoms with Gasteiger partial charge in [-0.1, -0.05) is 77.3 Å². The van der Waals surface area contributed by atoms with Crippen molar-refractivity contribution in [1.82, 2.24) is 18.7 Å².